The molecule has 0 bridgehead atoms. The van der Waals surface area contributed by atoms with Gasteiger partial charge < -0.3 is 20.5 Å². The third-order valence-electron chi connectivity index (χ3n) is 2.72. The number of phenolic OH excluding ortho intramolecular Hbond substituents is 1. The number of ether oxygens (including phenoxy) is 1. The second-order valence-corrected chi connectivity index (χ2v) is 4.04. The monoisotopic (exact) mass is 252 g/mol. The van der Waals surface area contributed by atoms with Gasteiger partial charge in [-0.25, -0.2) is 0 Å². The average Bonchev–Trinajstić information content (AvgIpc) is 2.37. The van der Waals surface area contributed by atoms with Gasteiger partial charge >= 0.3 is 0 Å². The molecule has 5 heteroatoms. The number of carbonyl (C=O) groups is 1. The Labute approximate surface area is 107 Å². The number of hydrogen-bond acceptors (Lipinski definition) is 4. The van der Waals surface area contributed by atoms with Crippen molar-refractivity contribution in [3.05, 3.63) is 29.3 Å². The van der Waals surface area contributed by atoms with Crippen LogP contribution in [0.2, 0.25) is 0 Å². The van der Waals surface area contributed by atoms with Crippen molar-refractivity contribution in [2.45, 2.75) is 6.92 Å². The topological polar surface area (TPSA) is 75.8 Å². The summed E-state index contributed by atoms with van der Waals surface area (Å²) in [5.41, 5.74) is 6.47. The van der Waals surface area contributed by atoms with Gasteiger partial charge in [-0.1, -0.05) is 12.1 Å². The first kappa shape index (κ1) is 14.5. The Morgan fingerprint density at radius 2 is 2.17 bits per heavy atom. The maximum absolute atomic E-state index is 12.3. The highest BCUT2D eigenvalue weighted by Crippen LogP contribution is 2.22. The van der Waals surface area contributed by atoms with Gasteiger partial charge in [0.15, 0.2) is 0 Å². The molecular weight excluding hydrogens is 232 g/mol. The molecule has 0 heterocycles. The van der Waals surface area contributed by atoms with E-state index in [1.54, 1.807) is 37.1 Å². The number of methoxy groups -OCH3 is 1. The van der Waals surface area contributed by atoms with E-state index in [2.05, 4.69) is 0 Å². The second-order valence-electron chi connectivity index (χ2n) is 4.04. The number of benzene rings is 1. The molecule has 5 nitrogen and oxygen atoms in total. The van der Waals surface area contributed by atoms with Gasteiger partial charge in [-0.2, -0.15) is 0 Å². The first-order chi connectivity index (χ1) is 8.61. The SMILES string of the molecule is COCCN(CCN)C(=O)c1cccc(C)c1O. The van der Waals surface area contributed by atoms with Gasteiger partial charge in [-0.3, -0.25) is 4.79 Å². The number of amides is 1. The fourth-order valence-corrected chi connectivity index (χ4v) is 1.67. The summed E-state index contributed by atoms with van der Waals surface area (Å²) in [6.07, 6.45) is 0. The lowest BCUT2D eigenvalue weighted by atomic mass is 10.1. The van der Waals surface area contributed by atoms with Crippen molar-refractivity contribution >= 4 is 5.91 Å². The van der Waals surface area contributed by atoms with Gasteiger partial charge in [-0.05, 0) is 18.6 Å². The maximum Gasteiger partial charge on any atom is 0.257 e. The fourth-order valence-electron chi connectivity index (χ4n) is 1.67. The van der Waals surface area contributed by atoms with Crippen molar-refractivity contribution < 1.29 is 14.6 Å². The van der Waals surface area contributed by atoms with Crippen LogP contribution in [0.15, 0.2) is 18.2 Å². The molecule has 0 aromatic heterocycles. The minimum absolute atomic E-state index is 0.0296. The summed E-state index contributed by atoms with van der Waals surface area (Å²) in [5, 5.41) is 9.90. The zero-order valence-electron chi connectivity index (χ0n) is 10.8. The van der Waals surface area contributed by atoms with E-state index >= 15 is 0 Å². The Morgan fingerprint density at radius 3 is 2.78 bits per heavy atom. The number of rotatable bonds is 6. The highest BCUT2D eigenvalue weighted by Gasteiger charge is 2.18. The molecule has 0 unspecified atom stereocenters. The van der Waals surface area contributed by atoms with Crippen molar-refractivity contribution in [2.75, 3.05) is 33.4 Å². The van der Waals surface area contributed by atoms with Crippen molar-refractivity contribution in [1.82, 2.24) is 4.90 Å². The van der Waals surface area contributed by atoms with E-state index in [0.717, 1.165) is 0 Å². The molecule has 0 atom stereocenters. The van der Waals surface area contributed by atoms with Crippen molar-refractivity contribution in [2.24, 2.45) is 5.73 Å². The van der Waals surface area contributed by atoms with Gasteiger partial charge in [0, 0.05) is 26.7 Å². The van der Waals surface area contributed by atoms with Crippen LogP contribution in [0.1, 0.15) is 15.9 Å². The summed E-state index contributed by atoms with van der Waals surface area (Å²) in [5.74, 6) is -0.194. The molecular formula is C13H20N2O3. The van der Waals surface area contributed by atoms with Gasteiger partial charge in [0.2, 0.25) is 0 Å². The van der Waals surface area contributed by atoms with Crippen LogP contribution in [-0.4, -0.2) is 49.3 Å². The van der Waals surface area contributed by atoms with Crippen molar-refractivity contribution in [3.8, 4) is 5.75 Å². The molecule has 3 N–H and O–H groups in total. The molecule has 0 saturated carbocycles. The normalized spacial score (nSPS) is 10.4. The van der Waals surface area contributed by atoms with E-state index in [9.17, 15) is 9.90 Å². The summed E-state index contributed by atoms with van der Waals surface area (Å²) in [6.45, 7) is 3.48. The van der Waals surface area contributed by atoms with Gasteiger partial charge in [0.05, 0.1) is 12.2 Å². The molecule has 1 aromatic rings. The molecule has 1 aromatic carbocycles. The van der Waals surface area contributed by atoms with E-state index in [-0.39, 0.29) is 11.7 Å². The average molecular weight is 252 g/mol. The van der Waals surface area contributed by atoms with Gasteiger partial charge in [0.25, 0.3) is 5.91 Å². The summed E-state index contributed by atoms with van der Waals surface area (Å²) in [6, 6.07) is 5.12. The molecule has 18 heavy (non-hydrogen) atoms. The zero-order valence-corrected chi connectivity index (χ0v) is 10.8. The number of nitrogens with zero attached hydrogens (tertiary/aromatic N) is 1. The lowest BCUT2D eigenvalue weighted by Gasteiger charge is -2.22. The Bertz CT molecular complexity index is 407. The van der Waals surface area contributed by atoms with Gasteiger partial charge in [-0.15, -0.1) is 0 Å². The largest absolute Gasteiger partial charge is 0.507 e. The van der Waals surface area contributed by atoms with E-state index in [4.69, 9.17) is 10.5 Å². The number of aryl methyl sites for hydroxylation is 1. The van der Waals surface area contributed by atoms with E-state index in [0.29, 0.717) is 37.4 Å². The van der Waals surface area contributed by atoms with Crippen LogP contribution in [0.4, 0.5) is 0 Å². The predicted octanol–water partition coefficient (Wildman–Crippen LogP) is 0.748. The van der Waals surface area contributed by atoms with Gasteiger partial charge in [0.1, 0.15) is 5.75 Å². The molecule has 0 radical (unpaired) electrons. The zero-order chi connectivity index (χ0) is 13.5. The fraction of sp³-hybridized carbons (Fsp3) is 0.462. The number of carbonyl (C=O) groups excluding carboxylic acids is 1. The summed E-state index contributed by atoms with van der Waals surface area (Å²) >= 11 is 0. The third-order valence-corrected chi connectivity index (χ3v) is 2.72. The van der Waals surface area contributed by atoms with Crippen LogP contribution in [-0.2, 0) is 4.74 Å². The van der Waals surface area contributed by atoms with Crippen LogP contribution >= 0.6 is 0 Å². The molecule has 0 fully saturated rings. The number of nitrogens with two attached hydrogens (primary N) is 1. The Hall–Kier alpha value is -1.59. The minimum Gasteiger partial charge on any atom is -0.507 e. The molecule has 0 spiro atoms. The first-order valence-electron chi connectivity index (χ1n) is 5.88. The van der Waals surface area contributed by atoms with Crippen LogP contribution < -0.4 is 5.73 Å². The lowest BCUT2D eigenvalue weighted by molar-refractivity contribution is 0.0698. The van der Waals surface area contributed by atoms with E-state index < -0.39 is 0 Å². The van der Waals surface area contributed by atoms with Crippen LogP contribution in [0.5, 0.6) is 5.75 Å². The molecule has 0 aliphatic heterocycles. The summed E-state index contributed by atoms with van der Waals surface area (Å²) in [7, 11) is 1.58. The first-order valence-corrected chi connectivity index (χ1v) is 5.88. The quantitative estimate of drug-likeness (QED) is 0.783. The highest BCUT2D eigenvalue weighted by molar-refractivity contribution is 5.97. The van der Waals surface area contributed by atoms with Crippen molar-refractivity contribution in [1.29, 1.82) is 0 Å². The summed E-state index contributed by atoms with van der Waals surface area (Å²) < 4.78 is 4.96. The van der Waals surface area contributed by atoms with Crippen LogP contribution in [0, 0.1) is 6.92 Å². The highest BCUT2D eigenvalue weighted by atomic mass is 16.5. The van der Waals surface area contributed by atoms with E-state index in [1.807, 2.05) is 0 Å². The number of phenols is 1. The molecule has 0 aliphatic rings. The second kappa shape index (κ2) is 6.98. The Balaban J connectivity index is 2.90. The Morgan fingerprint density at radius 1 is 1.44 bits per heavy atom. The molecule has 0 saturated heterocycles. The maximum atomic E-state index is 12.3. The van der Waals surface area contributed by atoms with Crippen LogP contribution in [0.25, 0.3) is 0 Å². The molecule has 1 amide bonds. The van der Waals surface area contributed by atoms with Crippen molar-refractivity contribution in [3.63, 3.8) is 0 Å². The molecule has 1 rings (SSSR count). The summed E-state index contributed by atoms with van der Waals surface area (Å²) in [4.78, 5) is 13.8. The predicted molar refractivity (Wildman–Crippen MR) is 69.7 cm³/mol. The Kier molecular flexibility index (Phi) is 5.61. The molecule has 100 valence electrons. The third kappa shape index (κ3) is 3.45. The van der Waals surface area contributed by atoms with Crippen LogP contribution in [0.3, 0.4) is 0 Å². The minimum atomic E-state index is -0.223. The standard InChI is InChI=1S/C13H20N2O3/c1-10-4-3-5-11(12(10)16)13(17)15(7-6-14)8-9-18-2/h3-5,16H,6-9,14H2,1-2H3. The lowest BCUT2D eigenvalue weighted by Crippen LogP contribution is -2.37. The number of para-hydroxylation sites is 1. The molecule has 0 aliphatic carbocycles. The number of hydrogen-bond donors (Lipinski definition) is 2. The smallest absolute Gasteiger partial charge is 0.257 e. The van der Waals surface area contributed by atoms with E-state index in [1.165, 1.54) is 0 Å². The number of aromatic hydroxyl groups is 1.